The van der Waals surface area contributed by atoms with Gasteiger partial charge in [-0.05, 0) is 69.7 Å². The molecule has 3 aromatic rings. The molecule has 0 amide bonds. The van der Waals surface area contributed by atoms with Crippen LogP contribution in [0.4, 0.5) is 0 Å². The summed E-state index contributed by atoms with van der Waals surface area (Å²) in [6.45, 7) is 7.29. The first-order valence-electron chi connectivity index (χ1n) is 11.8. The SMILES string of the molecule is CCO.Cc1ccc(C(=O)Oc2ccc(C(OS(C)(=O)=O)C(C)N)cc2OC(=O)c2ccc(C)cc2)cc1. The minimum atomic E-state index is -3.84. The molecule has 3 aromatic carbocycles. The summed E-state index contributed by atoms with van der Waals surface area (Å²) in [6.07, 6.45) is -0.137. The van der Waals surface area contributed by atoms with Gasteiger partial charge in [0.05, 0.1) is 17.4 Å². The number of esters is 2. The van der Waals surface area contributed by atoms with Crippen LogP contribution in [-0.4, -0.2) is 44.4 Å². The fourth-order valence-corrected chi connectivity index (χ4v) is 3.86. The van der Waals surface area contributed by atoms with Gasteiger partial charge < -0.3 is 20.3 Å². The van der Waals surface area contributed by atoms with E-state index in [1.807, 2.05) is 13.8 Å². The predicted molar refractivity (Wildman–Crippen MR) is 144 cm³/mol. The molecule has 0 aromatic heterocycles. The van der Waals surface area contributed by atoms with Crippen molar-refractivity contribution >= 4 is 22.1 Å². The maximum atomic E-state index is 12.8. The normalized spacial score (nSPS) is 12.5. The summed E-state index contributed by atoms with van der Waals surface area (Å²) in [7, 11) is -3.84. The van der Waals surface area contributed by atoms with Crippen molar-refractivity contribution in [1.82, 2.24) is 0 Å². The first-order chi connectivity index (χ1) is 17.8. The minimum Gasteiger partial charge on any atom is -0.419 e. The number of hydrogen-bond acceptors (Lipinski definition) is 9. The molecule has 204 valence electrons. The zero-order chi connectivity index (χ0) is 28.5. The fraction of sp³-hybridized carbons (Fsp3) is 0.286. The van der Waals surface area contributed by atoms with Gasteiger partial charge in [0.1, 0.15) is 6.10 Å². The lowest BCUT2D eigenvalue weighted by Crippen LogP contribution is -2.28. The summed E-state index contributed by atoms with van der Waals surface area (Å²) < 4.78 is 39.7. The number of nitrogens with two attached hydrogens (primary N) is 1. The third-order valence-corrected chi connectivity index (χ3v) is 5.59. The molecule has 0 aliphatic heterocycles. The molecule has 2 unspecified atom stereocenters. The van der Waals surface area contributed by atoms with Crippen LogP contribution in [0, 0.1) is 13.8 Å². The minimum absolute atomic E-state index is 0.0254. The van der Waals surface area contributed by atoms with E-state index in [-0.39, 0.29) is 23.7 Å². The zero-order valence-corrected chi connectivity index (χ0v) is 22.8. The summed E-state index contributed by atoms with van der Waals surface area (Å²) in [4.78, 5) is 25.5. The smallest absolute Gasteiger partial charge is 0.343 e. The molecule has 0 radical (unpaired) electrons. The van der Waals surface area contributed by atoms with Gasteiger partial charge in [-0.2, -0.15) is 8.42 Å². The Bertz CT molecular complexity index is 1330. The Labute approximate surface area is 223 Å². The van der Waals surface area contributed by atoms with Crippen LogP contribution in [0.5, 0.6) is 11.5 Å². The van der Waals surface area contributed by atoms with Crippen molar-refractivity contribution in [1.29, 1.82) is 0 Å². The molecule has 0 fully saturated rings. The fourth-order valence-electron chi connectivity index (χ4n) is 3.20. The van der Waals surface area contributed by atoms with Crippen molar-refractivity contribution in [2.45, 2.75) is 39.8 Å². The highest BCUT2D eigenvalue weighted by molar-refractivity contribution is 7.86. The lowest BCUT2D eigenvalue weighted by atomic mass is 10.0. The van der Waals surface area contributed by atoms with Gasteiger partial charge in [-0.1, -0.05) is 41.5 Å². The van der Waals surface area contributed by atoms with Crippen molar-refractivity contribution < 1.29 is 36.8 Å². The van der Waals surface area contributed by atoms with E-state index in [0.717, 1.165) is 17.4 Å². The lowest BCUT2D eigenvalue weighted by Gasteiger charge is -2.21. The number of aryl methyl sites for hydroxylation is 2. The topological polar surface area (TPSA) is 142 Å². The molecule has 3 rings (SSSR count). The summed E-state index contributed by atoms with van der Waals surface area (Å²) in [5, 5.41) is 7.57. The lowest BCUT2D eigenvalue weighted by molar-refractivity contribution is 0.0681. The number of aliphatic hydroxyl groups is 1. The predicted octanol–water partition coefficient (Wildman–Crippen LogP) is 4.10. The summed E-state index contributed by atoms with van der Waals surface area (Å²) in [5.74, 6) is -1.45. The molecular weight excluding hydrogens is 510 g/mol. The van der Waals surface area contributed by atoms with E-state index in [1.54, 1.807) is 62.4 Å². The van der Waals surface area contributed by atoms with Gasteiger partial charge in [-0.15, -0.1) is 0 Å². The third kappa shape index (κ3) is 9.38. The second kappa shape index (κ2) is 13.8. The number of carbonyl (C=O) groups excluding carboxylic acids is 2. The largest absolute Gasteiger partial charge is 0.419 e. The molecule has 0 aliphatic carbocycles. The number of ether oxygens (including phenoxy) is 2. The van der Waals surface area contributed by atoms with Gasteiger partial charge in [0, 0.05) is 12.6 Å². The molecule has 0 bridgehead atoms. The van der Waals surface area contributed by atoms with Crippen molar-refractivity contribution in [2.24, 2.45) is 5.73 Å². The highest BCUT2D eigenvalue weighted by Gasteiger charge is 2.25. The van der Waals surface area contributed by atoms with Crippen LogP contribution in [0.25, 0.3) is 0 Å². The average Bonchev–Trinajstić information content (AvgIpc) is 2.84. The molecule has 0 saturated carbocycles. The molecule has 0 saturated heterocycles. The monoisotopic (exact) mass is 543 g/mol. The maximum absolute atomic E-state index is 12.8. The Morgan fingerprint density at radius 2 is 1.26 bits per heavy atom. The Balaban J connectivity index is 0.00000161. The maximum Gasteiger partial charge on any atom is 0.343 e. The molecule has 0 aliphatic rings. The molecule has 0 spiro atoms. The van der Waals surface area contributed by atoms with Crippen LogP contribution in [0.2, 0.25) is 0 Å². The highest BCUT2D eigenvalue weighted by Crippen LogP contribution is 2.34. The van der Waals surface area contributed by atoms with E-state index in [0.29, 0.717) is 11.1 Å². The van der Waals surface area contributed by atoms with E-state index in [2.05, 4.69) is 0 Å². The van der Waals surface area contributed by atoms with Gasteiger partial charge in [0.2, 0.25) is 0 Å². The van der Waals surface area contributed by atoms with E-state index < -0.39 is 34.2 Å². The summed E-state index contributed by atoms with van der Waals surface area (Å²) >= 11 is 0. The van der Waals surface area contributed by atoms with E-state index in [9.17, 15) is 18.0 Å². The van der Waals surface area contributed by atoms with Crippen LogP contribution in [0.15, 0.2) is 66.7 Å². The Kier molecular flexibility index (Phi) is 11.2. The van der Waals surface area contributed by atoms with Crippen molar-refractivity contribution in [3.05, 3.63) is 94.5 Å². The van der Waals surface area contributed by atoms with E-state index in [1.165, 1.54) is 18.2 Å². The Morgan fingerprint density at radius 3 is 1.66 bits per heavy atom. The number of aliphatic hydroxyl groups excluding tert-OH is 1. The molecule has 3 N–H and O–H groups in total. The van der Waals surface area contributed by atoms with Crippen LogP contribution < -0.4 is 15.2 Å². The number of benzene rings is 3. The van der Waals surface area contributed by atoms with Crippen LogP contribution in [0.3, 0.4) is 0 Å². The second-order valence-electron chi connectivity index (χ2n) is 8.61. The van der Waals surface area contributed by atoms with E-state index in [4.69, 9.17) is 24.5 Å². The zero-order valence-electron chi connectivity index (χ0n) is 22.0. The molecular formula is C28H33NO8S. The number of hydrogen-bond donors (Lipinski definition) is 2. The summed E-state index contributed by atoms with van der Waals surface area (Å²) in [5.41, 5.74) is 8.82. The van der Waals surface area contributed by atoms with Crippen LogP contribution in [-0.2, 0) is 14.3 Å². The molecule has 9 nitrogen and oxygen atoms in total. The van der Waals surface area contributed by atoms with Crippen molar-refractivity contribution in [2.75, 3.05) is 12.9 Å². The molecule has 0 heterocycles. The van der Waals surface area contributed by atoms with Crippen molar-refractivity contribution in [3.8, 4) is 11.5 Å². The van der Waals surface area contributed by atoms with Gasteiger partial charge >= 0.3 is 11.9 Å². The van der Waals surface area contributed by atoms with Crippen molar-refractivity contribution in [3.63, 3.8) is 0 Å². The van der Waals surface area contributed by atoms with Gasteiger partial charge in [0.25, 0.3) is 10.1 Å². The van der Waals surface area contributed by atoms with Crippen LogP contribution in [0.1, 0.15) is 57.4 Å². The highest BCUT2D eigenvalue weighted by atomic mass is 32.2. The standard InChI is InChI=1S/C26H27NO7S.C2H6O/c1-16-5-9-19(10-6-16)25(28)32-22-14-13-21(24(18(3)27)34-35(4,30)31)15-23(22)33-26(29)20-11-7-17(2)8-12-20;1-2-3/h5-15,18,24H,27H2,1-4H3;3H,2H2,1H3. The molecule has 2 atom stereocenters. The first kappa shape index (κ1) is 30.7. The summed E-state index contributed by atoms with van der Waals surface area (Å²) in [6, 6.07) is 17.1. The number of rotatable bonds is 8. The van der Waals surface area contributed by atoms with Gasteiger partial charge in [-0.25, -0.2) is 9.59 Å². The van der Waals surface area contributed by atoms with Gasteiger partial charge in [-0.3, -0.25) is 4.18 Å². The average molecular weight is 544 g/mol. The third-order valence-electron chi connectivity index (χ3n) is 5.03. The molecule has 38 heavy (non-hydrogen) atoms. The Morgan fingerprint density at radius 1 is 0.842 bits per heavy atom. The first-order valence-corrected chi connectivity index (χ1v) is 13.6. The molecule has 10 heteroatoms. The van der Waals surface area contributed by atoms with E-state index >= 15 is 0 Å². The van der Waals surface area contributed by atoms with Gasteiger partial charge in [0.15, 0.2) is 11.5 Å². The quantitative estimate of drug-likeness (QED) is 0.244. The van der Waals surface area contributed by atoms with Crippen LogP contribution >= 0.6 is 0 Å². The second-order valence-corrected chi connectivity index (χ2v) is 10.2. The number of carbonyl (C=O) groups is 2. The Hall–Kier alpha value is -3.57.